The maximum atomic E-state index is 9.55. The monoisotopic (exact) mass is 286 g/mol. The molecule has 3 N–H and O–H groups in total. The van der Waals surface area contributed by atoms with Crippen molar-refractivity contribution in [1.29, 1.82) is 0 Å². The molecular formula is C17H18O4. The molecule has 0 aromatic heterocycles. The van der Waals surface area contributed by atoms with E-state index in [0.29, 0.717) is 5.75 Å². The van der Waals surface area contributed by atoms with Gasteiger partial charge in [0.2, 0.25) is 0 Å². The SMILES string of the molecule is COc1cc(/C=C/C(C)c2ccc(O)c(O)c2)ccc1O. The third-order valence-electron chi connectivity index (χ3n) is 3.31. The second-order valence-corrected chi connectivity index (χ2v) is 4.83. The predicted molar refractivity (Wildman–Crippen MR) is 81.9 cm³/mol. The summed E-state index contributed by atoms with van der Waals surface area (Å²) >= 11 is 0. The van der Waals surface area contributed by atoms with Gasteiger partial charge in [-0.3, -0.25) is 0 Å². The van der Waals surface area contributed by atoms with E-state index in [1.165, 1.54) is 13.2 Å². The van der Waals surface area contributed by atoms with Crippen molar-refractivity contribution in [1.82, 2.24) is 0 Å². The quantitative estimate of drug-likeness (QED) is 0.751. The van der Waals surface area contributed by atoms with Crippen molar-refractivity contribution in [3.63, 3.8) is 0 Å². The van der Waals surface area contributed by atoms with Crippen LogP contribution in [0.5, 0.6) is 23.0 Å². The highest BCUT2D eigenvalue weighted by Crippen LogP contribution is 2.30. The maximum Gasteiger partial charge on any atom is 0.161 e. The van der Waals surface area contributed by atoms with Gasteiger partial charge in [-0.1, -0.05) is 31.2 Å². The molecule has 0 heterocycles. The first-order valence-electron chi connectivity index (χ1n) is 6.58. The van der Waals surface area contributed by atoms with Gasteiger partial charge < -0.3 is 20.1 Å². The number of ether oxygens (including phenoxy) is 1. The minimum absolute atomic E-state index is 0.0660. The Balaban J connectivity index is 2.18. The van der Waals surface area contributed by atoms with Gasteiger partial charge in [-0.2, -0.15) is 0 Å². The van der Waals surface area contributed by atoms with Crippen molar-refractivity contribution >= 4 is 6.08 Å². The van der Waals surface area contributed by atoms with Gasteiger partial charge in [-0.15, -0.1) is 0 Å². The molecular weight excluding hydrogens is 268 g/mol. The van der Waals surface area contributed by atoms with E-state index in [4.69, 9.17) is 4.74 Å². The van der Waals surface area contributed by atoms with Crippen molar-refractivity contribution in [2.75, 3.05) is 7.11 Å². The average Bonchev–Trinajstić information content (AvgIpc) is 2.48. The van der Waals surface area contributed by atoms with Gasteiger partial charge in [0.25, 0.3) is 0 Å². The van der Waals surface area contributed by atoms with E-state index in [1.807, 2.05) is 19.1 Å². The van der Waals surface area contributed by atoms with Crippen LogP contribution in [0.3, 0.4) is 0 Å². The van der Waals surface area contributed by atoms with Gasteiger partial charge in [0, 0.05) is 0 Å². The molecule has 21 heavy (non-hydrogen) atoms. The molecule has 110 valence electrons. The Morgan fingerprint density at radius 3 is 2.33 bits per heavy atom. The van der Waals surface area contributed by atoms with Gasteiger partial charge in [-0.05, 0) is 41.3 Å². The molecule has 4 nitrogen and oxygen atoms in total. The molecule has 0 amide bonds. The number of phenolic OH excluding ortho intramolecular Hbond substituents is 3. The van der Waals surface area contributed by atoms with Crippen molar-refractivity contribution in [3.8, 4) is 23.0 Å². The van der Waals surface area contributed by atoms with E-state index in [2.05, 4.69) is 0 Å². The van der Waals surface area contributed by atoms with E-state index in [9.17, 15) is 15.3 Å². The minimum Gasteiger partial charge on any atom is -0.504 e. The zero-order valence-electron chi connectivity index (χ0n) is 11.9. The normalized spacial score (nSPS) is 12.5. The fourth-order valence-electron chi connectivity index (χ4n) is 1.99. The fraction of sp³-hybridized carbons (Fsp3) is 0.176. The van der Waals surface area contributed by atoms with Gasteiger partial charge in [0.1, 0.15) is 0 Å². The van der Waals surface area contributed by atoms with Gasteiger partial charge in [0.05, 0.1) is 7.11 Å². The predicted octanol–water partition coefficient (Wildman–Crippen LogP) is 3.63. The third-order valence-corrected chi connectivity index (χ3v) is 3.31. The smallest absolute Gasteiger partial charge is 0.161 e. The number of allylic oxidation sites excluding steroid dienone is 1. The Morgan fingerprint density at radius 1 is 0.952 bits per heavy atom. The molecule has 2 aromatic rings. The van der Waals surface area contributed by atoms with Gasteiger partial charge in [0.15, 0.2) is 23.0 Å². The first kappa shape index (κ1) is 14.8. The summed E-state index contributed by atoms with van der Waals surface area (Å²) < 4.78 is 5.06. The minimum atomic E-state index is -0.127. The number of phenols is 3. The summed E-state index contributed by atoms with van der Waals surface area (Å²) in [6.45, 7) is 1.99. The number of hydrogen-bond donors (Lipinski definition) is 3. The van der Waals surface area contributed by atoms with Crippen LogP contribution in [-0.2, 0) is 0 Å². The van der Waals surface area contributed by atoms with Crippen LogP contribution < -0.4 is 4.74 Å². The van der Waals surface area contributed by atoms with E-state index in [1.54, 1.807) is 30.3 Å². The molecule has 0 saturated carbocycles. The highest BCUT2D eigenvalue weighted by molar-refractivity contribution is 5.56. The molecule has 0 bridgehead atoms. The number of aromatic hydroxyl groups is 3. The molecule has 1 unspecified atom stereocenters. The summed E-state index contributed by atoms with van der Waals surface area (Å²) in [6, 6.07) is 9.89. The number of methoxy groups -OCH3 is 1. The molecule has 2 aromatic carbocycles. The van der Waals surface area contributed by atoms with E-state index in [0.717, 1.165) is 11.1 Å². The lowest BCUT2D eigenvalue weighted by Crippen LogP contribution is -1.89. The van der Waals surface area contributed by atoms with Crippen LogP contribution in [0.15, 0.2) is 42.5 Å². The zero-order chi connectivity index (χ0) is 15.4. The molecule has 0 aliphatic rings. The highest BCUT2D eigenvalue weighted by atomic mass is 16.5. The number of rotatable bonds is 4. The van der Waals surface area contributed by atoms with Crippen LogP contribution >= 0.6 is 0 Å². The largest absolute Gasteiger partial charge is 0.504 e. The summed E-state index contributed by atoms with van der Waals surface area (Å²) in [5.41, 5.74) is 1.80. The Labute approximate surface area is 123 Å². The zero-order valence-corrected chi connectivity index (χ0v) is 11.9. The van der Waals surface area contributed by atoms with Gasteiger partial charge >= 0.3 is 0 Å². The first-order chi connectivity index (χ1) is 10.0. The first-order valence-corrected chi connectivity index (χ1v) is 6.58. The Kier molecular flexibility index (Phi) is 4.38. The Bertz CT molecular complexity index is 662. The summed E-state index contributed by atoms with van der Waals surface area (Å²) in [4.78, 5) is 0. The van der Waals surface area contributed by atoms with E-state index in [-0.39, 0.29) is 23.2 Å². The lowest BCUT2D eigenvalue weighted by atomic mass is 9.99. The van der Waals surface area contributed by atoms with Crippen LogP contribution in [0.2, 0.25) is 0 Å². The molecule has 0 saturated heterocycles. The molecule has 1 atom stereocenters. The lowest BCUT2D eigenvalue weighted by Gasteiger charge is -2.08. The second kappa shape index (κ2) is 6.22. The van der Waals surface area contributed by atoms with Crippen molar-refractivity contribution in [3.05, 3.63) is 53.6 Å². The van der Waals surface area contributed by atoms with Crippen LogP contribution in [0.25, 0.3) is 6.08 Å². The summed E-state index contributed by atoms with van der Waals surface area (Å²) in [5, 5.41) is 28.4. The average molecular weight is 286 g/mol. The molecule has 4 heteroatoms. The van der Waals surface area contributed by atoms with E-state index < -0.39 is 0 Å². The number of hydrogen-bond acceptors (Lipinski definition) is 4. The van der Waals surface area contributed by atoms with Crippen molar-refractivity contribution in [2.45, 2.75) is 12.8 Å². The molecule has 0 spiro atoms. The number of benzene rings is 2. The lowest BCUT2D eigenvalue weighted by molar-refractivity contribution is 0.373. The summed E-state index contributed by atoms with van der Waals surface area (Å²) in [6.07, 6.45) is 3.88. The van der Waals surface area contributed by atoms with Crippen molar-refractivity contribution in [2.24, 2.45) is 0 Å². The highest BCUT2D eigenvalue weighted by Gasteiger charge is 2.06. The van der Waals surface area contributed by atoms with Crippen LogP contribution in [0.1, 0.15) is 24.0 Å². The molecule has 0 radical (unpaired) electrons. The topological polar surface area (TPSA) is 69.9 Å². The standard InChI is InChI=1S/C17H18O4/c1-11(13-6-8-14(18)16(20)10-13)3-4-12-5-7-15(19)17(9-12)21-2/h3-11,18-20H,1-2H3/b4-3+. The Morgan fingerprint density at radius 2 is 1.67 bits per heavy atom. The summed E-state index contributed by atoms with van der Waals surface area (Å²) in [7, 11) is 1.50. The van der Waals surface area contributed by atoms with Crippen molar-refractivity contribution < 1.29 is 20.1 Å². The third kappa shape index (κ3) is 3.48. The molecule has 0 aliphatic carbocycles. The molecule has 0 aliphatic heterocycles. The fourth-order valence-corrected chi connectivity index (χ4v) is 1.99. The molecule has 2 rings (SSSR count). The van der Waals surface area contributed by atoms with Crippen LogP contribution in [0.4, 0.5) is 0 Å². The van der Waals surface area contributed by atoms with E-state index >= 15 is 0 Å². The summed E-state index contributed by atoms with van der Waals surface area (Å²) in [5.74, 6) is 0.340. The second-order valence-electron chi connectivity index (χ2n) is 4.83. The van der Waals surface area contributed by atoms with Crippen LogP contribution in [-0.4, -0.2) is 22.4 Å². The molecule has 0 fully saturated rings. The maximum absolute atomic E-state index is 9.55. The van der Waals surface area contributed by atoms with Crippen LogP contribution in [0, 0.1) is 0 Å². The Hall–Kier alpha value is -2.62. The van der Waals surface area contributed by atoms with Gasteiger partial charge in [-0.25, -0.2) is 0 Å².